The lowest BCUT2D eigenvalue weighted by Gasteiger charge is -2.41. The zero-order valence-electron chi connectivity index (χ0n) is 13.7. The molecule has 21 heavy (non-hydrogen) atoms. The Labute approximate surface area is 128 Å². The van der Waals surface area contributed by atoms with Crippen LogP contribution in [0.3, 0.4) is 0 Å². The first-order chi connectivity index (χ1) is 10.1. The Morgan fingerprint density at radius 1 is 1.38 bits per heavy atom. The maximum Gasteiger partial charge on any atom is 0.0534 e. The number of rotatable bonds is 7. The average Bonchev–Trinajstić information content (AvgIpc) is 2.83. The first kappa shape index (κ1) is 16.5. The maximum atomic E-state index is 9.33. The molecule has 1 aromatic rings. The highest BCUT2D eigenvalue weighted by Crippen LogP contribution is 2.17. The summed E-state index contributed by atoms with van der Waals surface area (Å²) in [6.45, 7) is 10.2. The second kappa shape index (κ2) is 7.92. The fraction of sp³-hybridized carbons (Fsp3) is 0.812. The molecule has 5 heteroatoms. The number of hydrogen-bond donors (Lipinski definition) is 1. The minimum absolute atomic E-state index is 0.281. The third-order valence-corrected chi connectivity index (χ3v) is 4.31. The Kier molecular flexibility index (Phi) is 6.21. The number of aliphatic hydroxyl groups is 1. The Hall–Kier alpha value is -0.910. The predicted octanol–water partition coefficient (Wildman–Crippen LogP) is 1.33. The van der Waals surface area contributed by atoms with E-state index in [2.05, 4.69) is 34.9 Å². The van der Waals surface area contributed by atoms with Gasteiger partial charge in [-0.3, -0.25) is 14.5 Å². The summed E-state index contributed by atoms with van der Waals surface area (Å²) in [7, 11) is 1.96. The van der Waals surface area contributed by atoms with Gasteiger partial charge in [-0.25, -0.2) is 0 Å². The fourth-order valence-corrected chi connectivity index (χ4v) is 3.05. The Bertz CT molecular complexity index is 418. The van der Waals surface area contributed by atoms with E-state index in [1.54, 1.807) is 0 Å². The summed E-state index contributed by atoms with van der Waals surface area (Å²) in [4.78, 5) is 5.05. The fourth-order valence-electron chi connectivity index (χ4n) is 3.05. The van der Waals surface area contributed by atoms with Gasteiger partial charge in [0.05, 0.1) is 6.20 Å². The van der Waals surface area contributed by atoms with E-state index in [4.69, 9.17) is 0 Å². The number of aliphatic hydroxyl groups excluding tert-OH is 1. The third kappa shape index (κ3) is 5.09. The molecule has 0 saturated carbocycles. The zero-order chi connectivity index (χ0) is 15.2. The Balaban J connectivity index is 1.87. The summed E-state index contributed by atoms with van der Waals surface area (Å²) < 4.78 is 1.86. The van der Waals surface area contributed by atoms with Crippen LogP contribution in [0.15, 0.2) is 12.4 Å². The number of aryl methyl sites for hydroxylation is 1. The van der Waals surface area contributed by atoms with Gasteiger partial charge in [0.1, 0.15) is 0 Å². The highest BCUT2D eigenvalue weighted by Gasteiger charge is 2.26. The minimum Gasteiger partial charge on any atom is -0.396 e. The second-order valence-corrected chi connectivity index (χ2v) is 6.64. The van der Waals surface area contributed by atoms with Gasteiger partial charge in [-0.2, -0.15) is 5.10 Å². The van der Waals surface area contributed by atoms with Crippen molar-refractivity contribution in [1.29, 1.82) is 0 Å². The van der Waals surface area contributed by atoms with Gasteiger partial charge in [-0.1, -0.05) is 13.8 Å². The van der Waals surface area contributed by atoms with E-state index in [9.17, 15) is 5.11 Å². The van der Waals surface area contributed by atoms with E-state index in [1.165, 1.54) is 12.0 Å². The molecule has 1 saturated heterocycles. The maximum absolute atomic E-state index is 9.33. The molecule has 0 radical (unpaired) electrons. The van der Waals surface area contributed by atoms with Gasteiger partial charge < -0.3 is 5.11 Å². The number of nitrogens with zero attached hydrogens (tertiary/aromatic N) is 4. The number of aromatic nitrogens is 2. The standard InChI is InChI=1S/C16H30N4O/c1-14(2)4-6-20-8-7-19(13-16(20)5-9-21)12-15-10-17-18(3)11-15/h10-11,14,16,21H,4-9,12-13H2,1-3H3/t16-/m1/s1. The van der Waals surface area contributed by atoms with Crippen molar-refractivity contribution in [3.05, 3.63) is 18.0 Å². The molecule has 0 bridgehead atoms. The molecule has 1 aliphatic heterocycles. The molecule has 1 atom stereocenters. The largest absolute Gasteiger partial charge is 0.396 e. The lowest BCUT2D eigenvalue weighted by atomic mass is 10.1. The van der Waals surface area contributed by atoms with Crippen LogP contribution in [0.5, 0.6) is 0 Å². The average molecular weight is 294 g/mol. The van der Waals surface area contributed by atoms with Crippen molar-refractivity contribution in [2.24, 2.45) is 13.0 Å². The molecule has 0 aromatic carbocycles. The van der Waals surface area contributed by atoms with Crippen LogP contribution in [0.25, 0.3) is 0 Å². The van der Waals surface area contributed by atoms with Crippen LogP contribution in [0.1, 0.15) is 32.3 Å². The van der Waals surface area contributed by atoms with Crippen LogP contribution in [-0.4, -0.2) is 63.5 Å². The molecule has 1 aromatic heterocycles. The first-order valence-corrected chi connectivity index (χ1v) is 8.13. The summed E-state index contributed by atoms with van der Waals surface area (Å²) >= 11 is 0. The molecule has 1 N–H and O–H groups in total. The van der Waals surface area contributed by atoms with E-state index in [-0.39, 0.29) is 6.61 Å². The van der Waals surface area contributed by atoms with Crippen molar-refractivity contribution >= 4 is 0 Å². The van der Waals surface area contributed by atoms with Crippen LogP contribution < -0.4 is 0 Å². The van der Waals surface area contributed by atoms with E-state index in [0.29, 0.717) is 6.04 Å². The van der Waals surface area contributed by atoms with Gasteiger partial charge >= 0.3 is 0 Å². The molecule has 0 amide bonds. The Morgan fingerprint density at radius 3 is 2.81 bits per heavy atom. The molecule has 0 unspecified atom stereocenters. The van der Waals surface area contributed by atoms with Gasteiger partial charge in [0.25, 0.3) is 0 Å². The van der Waals surface area contributed by atoms with Gasteiger partial charge in [-0.05, 0) is 25.3 Å². The monoisotopic (exact) mass is 294 g/mol. The van der Waals surface area contributed by atoms with E-state index < -0.39 is 0 Å². The van der Waals surface area contributed by atoms with Crippen LogP contribution >= 0.6 is 0 Å². The van der Waals surface area contributed by atoms with Crippen LogP contribution in [0.4, 0.5) is 0 Å². The predicted molar refractivity (Wildman–Crippen MR) is 85.0 cm³/mol. The molecular formula is C16H30N4O. The van der Waals surface area contributed by atoms with Crippen LogP contribution in [0.2, 0.25) is 0 Å². The van der Waals surface area contributed by atoms with E-state index in [1.807, 2.05) is 17.9 Å². The van der Waals surface area contributed by atoms with Gasteiger partial charge in [0.15, 0.2) is 0 Å². The van der Waals surface area contributed by atoms with Gasteiger partial charge in [0.2, 0.25) is 0 Å². The van der Waals surface area contributed by atoms with Crippen molar-refractivity contribution < 1.29 is 5.11 Å². The first-order valence-electron chi connectivity index (χ1n) is 8.13. The van der Waals surface area contributed by atoms with Crippen molar-refractivity contribution in [2.45, 2.75) is 39.3 Å². The lowest BCUT2D eigenvalue weighted by Crippen LogP contribution is -2.53. The molecule has 5 nitrogen and oxygen atoms in total. The van der Waals surface area contributed by atoms with E-state index in [0.717, 1.165) is 45.1 Å². The summed E-state index contributed by atoms with van der Waals surface area (Å²) in [6, 6.07) is 0.485. The molecule has 120 valence electrons. The van der Waals surface area contributed by atoms with Gasteiger partial charge in [0, 0.05) is 57.6 Å². The SMILES string of the molecule is CC(C)CCN1CCN(Cc2cnn(C)c2)C[C@H]1CCO. The summed E-state index contributed by atoms with van der Waals surface area (Å²) in [6.07, 6.45) is 6.16. The van der Waals surface area contributed by atoms with Gasteiger partial charge in [-0.15, -0.1) is 0 Å². The minimum atomic E-state index is 0.281. The molecule has 2 rings (SSSR count). The van der Waals surface area contributed by atoms with Crippen molar-refractivity contribution in [2.75, 3.05) is 32.8 Å². The highest BCUT2D eigenvalue weighted by molar-refractivity contribution is 5.04. The zero-order valence-corrected chi connectivity index (χ0v) is 13.7. The molecule has 0 spiro atoms. The number of hydrogen-bond acceptors (Lipinski definition) is 4. The van der Waals surface area contributed by atoms with Crippen molar-refractivity contribution in [1.82, 2.24) is 19.6 Å². The highest BCUT2D eigenvalue weighted by atomic mass is 16.3. The lowest BCUT2D eigenvalue weighted by molar-refractivity contribution is 0.0524. The molecule has 2 heterocycles. The summed E-state index contributed by atoms with van der Waals surface area (Å²) in [5, 5.41) is 13.6. The number of piperazine rings is 1. The topological polar surface area (TPSA) is 44.5 Å². The molecular weight excluding hydrogens is 264 g/mol. The molecule has 1 aliphatic rings. The van der Waals surface area contributed by atoms with Crippen LogP contribution in [0, 0.1) is 5.92 Å². The Morgan fingerprint density at radius 2 is 2.19 bits per heavy atom. The third-order valence-electron chi connectivity index (χ3n) is 4.31. The molecule has 1 fully saturated rings. The summed E-state index contributed by atoms with van der Waals surface area (Å²) in [5.41, 5.74) is 1.27. The second-order valence-electron chi connectivity index (χ2n) is 6.64. The van der Waals surface area contributed by atoms with Crippen molar-refractivity contribution in [3.63, 3.8) is 0 Å². The van der Waals surface area contributed by atoms with E-state index >= 15 is 0 Å². The quantitative estimate of drug-likeness (QED) is 0.824. The van der Waals surface area contributed by atoms with Crippen LogP contribution in [-0.2, 0) is 13.6 Å². The smallest absolute Gasteiger partial charge is 0.0534 e. The summed E-state index contributed by atoms with van der Waals surface area (Å²) in [5.74, 6) is 0.744. The normalized spacial score (nSPS) is 21.3. The molecule has 0 aliphatic carbocycles. The van der Waals surface area contributed by atoms with Crippen molar-refractivity contribution in [3.8, 4) is 0 Å².